The van der Waals surface area contributed by atoms with E-state index in [0.717, 1.165) is 34.6 Å². The van der Waals surface area contributed by atoms with E-state index in [0.29, 0.717) is 5.95 Å². The molecule has 35 heavy (non-hydrogen) atoms. The van der Waals surface area contributed by atoms with Crippen LogP contribution in [-0.2, 0) is 11.2 Å². The molecule has 2 N–H and O–H groups in total. The number of hydrogen-bond donors (Lipinski definition) is 2. The van der Waals surface area contributed by atoms with E-state index >= 15 is 0 Å². The zero-order valence-corrected chi connectivity index (χ0v) is 19.6. The molecule has 0 unspecified atom stereocenters. The monoisotopic (exact) mass is 469 g/mol. The fourth-order valence-corrected chi connectivity index (χ4v) is 4.34. The third-order valence-corrected chi connectivity index (χ3v) is 6.17. The van der Waals surface area contributed by atoms with Crippen molar-refractivity contribution in [3.8, 4) is 11.5 Å². The molecule has 2 heterocycles. The van der Waals surface area contributed by atoms with Crippen molar-refractivity contribution in [2.75, 3.05) is 24.9 Å². The number of rotatable bonds is 7. The number of carbonyl (C=O) groups excluding carboxylic acids is 1. The van der Waals surface area contributed by atoms with Crippen LogP contribution >= 0.6 is 0 Å². The molecule has 1 aliphatic rings. The Bertz CT molecular complexity index is 1290. The van der Waals surface area contributed by atoms with E-state index in [1.54, 1.807) is 14.2 Å². The fraction of sp³-hybridized carbons (Fsp3) is 0.222. The maximum atomic E-state index is 12.7. The minimum atomic E-state index is -0.180. The zero-order chi connectivity index (χ0) is 24.2. The van der Waals surface area contributed by atoms with Crippen LogP contribution in [0.25, 0.3) is 0 Å². The molecule has 0 saturated carbocycles. The molecule has 1 aliphatic heterocycles. The fourth-order valence-electron chi connectivity index (χ4n) is 4.34. The first kappa shape index (κ1) is 22.5. The number of methoxy groups -OCH3 is 2. The summed E-state index contributed by atoms with van der Waals surface area (Å²) in [5, 5.41) is 11.0. The average Bonchev–Trinajstić information content (AvgIpc) is 3.31. The van der Waals surface area contributed by atoms with Crippen LogP contribution in [0.15, 0.2) is 78.9 Å². The largest absolute Gasteiger partial charge is 0.497 e. The first-order valence-electron chi connectivity index (χ1n) is 11.5. The Morgan fingerprint density at radius 2 is 1.60 bits per heavy atom. The van der Waals surface area contributed by atoms with E-state index in [-0.39, 0.29) is 30.4 Å². The van der Waals surface area contributed by atoms with Crippen molar-refractivity contribution < 1.29 is 14.3 Å². The molecule has 3 aromatic carbocycles. The van der Waals surface area contributed by atoms with Crippen molar-refractivity contribution >= 4 is 17.8 Å². The third kappa shape index (κ3) is 4.96. The van der Waals surface area contributed by atoms with Gasteiger partial charge >= 0.3 is 0 Å². The second-order valence-electron chi connectivity index (χ2n) is 8.41. The van der Waals surface area contributed by atoms with Gasteiger partial charge in [-0.2, -0.15) is 4.98 Å². The van der Waals surface area contributed by atoms with Gasteiger partial charge in [-0.05, 0) is 47.4 Å². The number of anilines is 2. The summed E-state index contributed by atoms with van der Waals surface area (Å²) in [4.78, 5) is 17.3. The predicted molar refractivity (Wildman–Crippen MR) is 134 cm³/mol. The highest BCUT2D eigenvalue weighted by Gasteiger charge is 2.31. The first-order valence-corrected chi connectivity index (χ1v) is 11.5. The molecule has 1 aromatic heterocycles. The van der Waals surface area contributed by atoms with Crippen molar-refractivity contribution in [1.82, 2.24) is 14.8 Å². The van der Waals surface area contributed by atoms with Crippen LogP contribution in [0.5, 0.6) is 11.5 Å². The Kier molecular flexibility index (Phi) is 6.34. The quantitative estimate of drug-likeness (QED) is 0.410. The minimum absolute atomic E-state index is 0.0284. The molecule has 5 rings (SSSR count). The number of fused-ring (bicyclic) bond motifs is 1. The summed E-state index contributed by atoms with van der Waals surface area (Å²) in [5.41, 5.74) is 3.15. The summed E-state index contributed by atoms with van der Waals surface area (Å²) < 4.78 is 12.3. The predicted octanol–water partition coefficient (Wildman–Crippen LogP) is 4.62. The van der Waals surface area contributed by atoms with Gasteiger partial charge in [0.25, 0.3) is 5.95 Å². The number of amides is 1. The van der Waals surface area contributed by atoms with Gasteiger partial charge in [-0.1, -0.05) is 54.6 Å². The lowest BCUT2D eigenvalue weighted by Crippen LogP contribution is -2.28. The molecule has 2 atom stereocenters. The molecule has 0 bridgehead atoms. The molecule has 8 heteroatoms. The summed E-state index contributed by atoms with van der Waals surface area (Å²) in [6.07, 6.45) is 1.00. The SMILES string of the molecule is COc1ccc(CC(=O)Nc2nc3n(n2)[C@H](c2ccccc2)C[C@H](c2ccc(OC)cc2)N3)cc1. The van der Waals surface area contributed by atoms with Crippen molar-refractivity contribution in [2.24, 2.45) is 0 Å². The number of ether oxygens (including phenoxy) is 2. The van der Waals surface area contributed by atoms with E-state index in [9.17, 15) is 4.79 Å². The van der Waals surface area contributed by atoms with Gasteiger partial charge in [0.2, 0.25) is 11.9 Å². The highest BCUT2D eigenvalue weighted by atomic mass is 16.5. The van der Waals surface area contributed by atoms with Crippen LogP contribution in [0.3, 0.4) is 0 Å². The number of carbonyl (C=O) groups is 1. The second-order valence-corrected chi connectivity index (χ2v) is 8.41. The number of hydrogen-bond acceptors (Lipinski definition) is 6. The van der Waals surface area contributed by atoms with Crippen LogP contribution in [0.1, 0.15) is 35.2 Å². The Labute approximate surface area is 203 Å². The lowest BCUT2D eigenvalue weighted by Gasteiger charge is -2.31. The molecule has 0 fully saturated rings. The van der Waals surface area contributed by atoms with Gasteiger partial charge in [-0.3, -0.25) is 10.1 Å². The number of aromatic nitrogens is 3. The van der Waals surface area contributed by atoms with Crippen LogP contribution in [-0.4, -0.2) is 34.9 Å². The van der Waals surface area contributed by atoms with Crippen molar-refractivity contribution in [3.63, 3.8) is 0 Å². The molecule has 0 saturated heterocycles. The molecular formula is C27H27N5O3. The second kappa shape index (κ2) is 9.89. The van der Waals surface area contributed by atoms with Crippen LogP contribution < -0.4 is 20.1 Å². The topological polar surface area (TPSA) is 90.3 Å². The van der Waals surface area contributed by atoms with E-state index in [1.807, 2.05) is 59.3 Å². The van der Waals surface area contributed by atoms with E-state index in [1.165, 1.54) is 0 Å². The standard InChI is InChI=1S/C27H27N5O3/c1-34-21-12-8-18(9-13-21)16-25(33)29-26-30-27-28-23(19-10-14-22(35-2)15-11-19)17-24(32(27)31-26)20-6-4-3-5-7-20/h3-15,23-24H,16-17H2,1-2H3,(H2,28,29,30,31,33)/t23-,24+/m1/s1. The Morgan fingerprint density at radius 3 is 2.26 bits per heavy atom. The normalized spacial score (nSPS) is 16.6. The van der Waals surface area contributed by atoms with Gasteiger partial charge in [0.15, 0.2) is 0 Å². The molecule has 0 radical (unpaired) electrons. The van der Waals surface area contributed by atoms with Crippen LogP contribution in [0.4, 0.5) is 11.9 Å². The summed E-state index contributed by atoms with van der Waals surface area (Å²) >= 11 is 0. The minimum Gasteiger partial charge on any atom is -0.497 e. The first-order chi connectivity index (χ1) is 17.1. The van der Waals surface area contributed by atoms with Gasteiger partial charge in [-0.15, -0.1) is 5.10 Å². The summed E-state index contributed by atoms with van der Waals surface area (Å²) in [5.74, 6) is 2.28. The highest BCUT2D eigenvalue weighted by molar-refractivity contribution is 5.90. The smallest absolute Gasteiger partial charge is 0.250 e. The maximum Gasteiger partial charge on any atom is 0.250 e. The zero-order valence-electron chi connectivity index (χ0n) is 19.6. The molecule has 8 nitrogen and oxygen atoms in total. The van der Waals surface area contributed by atoms with E-state index in [2.05, 4.69) is 45.0 Å². The summed E-state index contributed by atoms with van der Waals surface area (Å²) in [6, 6.07) is 25.7. The molecule has 0 spiro atoms. The van der Waals surface area contributed by atoms with Gasteiger partial charge in [0, 0.05) is 0 Å². The van der Waals surface area contributed by atoms with Gasteiger partial charge < -0.3 is 14.8 Å². The van der Waals surface area contributed by atoms with Crippen LogP contribution in [0, 0.1) is 0 Å². The summed E-state index contributed by atoms with van der Waals surface area (Å²) in [7, 11) is 3.27. The van der Waals surface area contributed by atoms with Gasteiger partial charge in [0.1, 0.15) is 11.5 Å². The van der Waals surface area contributed by atoms with Crippen molar-refractivity contribution in [3.05, 3.63) is 95.6 Å². The Morgan fingerprint density at radius 1 is 0.943 bits per heavy atom. The number of benzene rings is 3. The van der Waals surface area contributed by atoms with Gasteiger partial charge in [-0.25, -0.2) is 4.68 Å². The highest BCUT2D eigenvalue weighted by Crippen LogP contribution is 2.38. The molecule has 0 aliphatic carbocycles. The van der Waals surface area contributed by atoms with E-state index in [4.69, 9.17) is 9.47 Å². The Hall–Kier alpha value is -4.33. The molecular weight excluding hydrogens is 442 g/mol. The van der Waals surface area contributed by atoms with Gasteiger partial charge in [0.05, 0.1) is 32.7 Å². The van der Waals surface area contributed by atoms with Crippen molar-refractivity contribution in [1.29, 1.82) is 0 Å². The lowest BCUT2D eigenvalue weighted by atomic mass is 9.93. The van der Waals surface area contributed by atoms with Crippen molar-refractivity contribution in [2.45, 2.75) is 24.9 Å². The number of nitrogens with one attached hydrogen (secondary N) is 2. The number of nitrogens with zero attached hydrogens (tertiary/aromatic N) is 3. The van der Waals surface area contributed by atoms with Crippen LogP contribution in [0.2, 0.25) is 0 Å². The molecule has 178 valence electrons. The van der Waals surface area contributed by atoms with E-state index < -0.39 is 0 Å². The Balaban J connectivity index is 1.38. The maximum absolute atomic E-state index is 12.7. The molecule has 4 aromatic rings. The average molecular weight is 470 g/mol. The summed E-state index contributed by atoms with van der Waals surface area (Å²) in [6.45, 7) is 0. The third-order valence-electron chi connectivity index (χ3n) is 6.17. The molecule has 1 amide bonds. The lowest BCUT2D eigenvalue weighted by molar-refractivity contribution is -0.115.